The summed E-state index contributed by atoms with van der Waals surface area (Å²) in [7, 11) is 0. The molecular weight excluding hydrogens is 516 g/mol. The number of aliphatic hydroxyl groups is 1. The summed E-state index contributed by atoms with van der Waals surface area (Å²) in [5.74, 6) is 0.227. The molecule has 0 saturated heterocycles. The van der Waals surface area contributed by atoms with Crippen LogP contribution in [0.25, 0.3) is 11.3 Å². The highest BCUT2D eigenvalue weighted by atomic mass is 35.5. The Morgan fingerprint density at radius 1 is 1.26 bits per heavy atom. The van der Waals surface area contributed by atoms with Crippen molar-refractivity contribution < 1.29 is 9.90 Å². The van der Waals surface area contributed by atoms with Crippen LogP contribution in [0.5, 0.6) is 0 Å². The number of halogens is 1. The Labute approximate surface area is 232 Å². The quantitative estimate of drug-likeness (QED) is 0.461. The van der Waals surface area contributed by atoms with Crippen LogP contribution in [0.15, 0.2) is 72.5 Å². The molecule has 10 nitrogen and oxygen atoms in total. The van der Waals surface area contributed by atoms with Gasteiger partial charge in [0.05, 0.1) is 23.4 Å². The smallest absolute Gasteiger partial charge is 0.258 e. The molecule has 3 N–H and O–H groups in total. The van der Waals surface area contributed by atoms with Crippen LogP contribution in [0.3, 0.4) is 0 Å². The molecule has 1 aliphatic carbocycles. The van der Waals surface area contributed by atoms with Gasteiger partial charge in [0.15, 0.2) is 17.3 Å². The first-order chi connectivity index (χ1) is 18.6. The first-order valence-corrected chi connectivity index (χ1v) is 13.1. The fourth-order valence-corrected chi connectivity index (χ4v) is 5.59. The topological polar surface area (TPSA) is 135 Å². The van der Waals surface area contributed by atoms with E-state index in [1.807, 2.05) is 18.2 Å². The largest absolute Gasteiger partial charge is 0.394 e. The van der Waals surface area contributed by atoms with Gasteiger partial charge in [-0.25, -0.2) is 24.6 Å². The molecule has 39 heavy (non-hydrogen) atoms. The van der Waals surface area contributed by atoms with E-state index in [9.17, 15) is 9.90 Å². The zero-order chi connectivity index (χ0) is 27.8. The van der Waals surface area contributed by atoms with Crippen LogP contribution >= 0.6 is 11.6 Å². The number of carbonyl (C=O) groups excluding carboxylic acids is 1. The van der Waals surface area contributed by atoms with Crippen LogP contribution in [-0.4, -0.2) is 58.8 Å². The summed E-state index contributed by atoms with van der Waals surface area (Å²) < 4.78 is 1.53. The van der Waals surface area contributed by atoms with Crippen molar-refractivity contribution in [3.8, 4) is 5.69 Å². The molecule has 0 radical (unpaired) electrons. The van der Waals surface area contributed by atoms with Gasteiger partial charge in [-0.05, 0) is 42.0 Å². The van der Waals surface area contributed by atoms with Gasteiger partial charge in [0.1, 0.15) is 12.7 Å². The molecule has 2 aromatic heterocycles. The third-order valence-corrected chi connectivity index (χ3v) is 7.31. The molecule has 11 heteroatoms. The molecule has 3 heterocycles. The summed E-state index contributed by atoms with van der Waals surface area (Å²) in [6.45, 7) is 5.88. The number of hydrogen-bond acceptors (Lipinski definition) is 8. The lowest BCUT2D eigenvalue weighted by atomic mass is 9.70. The van der Waals surface area contributed by atoms with Crippen LogP contribution in [0.4, 0.5) is 0 Å². The monoisotopic (exact) mass is 546 g/mol. The molecular formula is C28H31ClN8O2. The van der Waals surface area contributed by atoms with E-state index < -0.39 is 11.6 Å². The molecule has 0 fully saturated rings. The average Bonchev–Trinajstić information content (AvgIpc) is 3.53. The number of amides is 1. The number of benzene rings is 1. The highest BCUT2D eigenvalue weighted by Crippen LogP contribution is 2.45. The van der Waals surface area contributed by atoms with E-state index in [1.165, 1.54) is 22.2 Å². The van der Waals surface area contributed by atoms with E-state index in [0.29, 0.717) is 34.9 Å². The van der Waals surface area contributed by atoms with Gasteiger partial charge in [-0.2, -0.15) is 5.10 Å². The van der Waals surface area contributed by atoms with Gasteiger partial charge in [0, 0.05) is 23.9 Å². The van der Waals surface area contributed by atoms with Crippen LogP contribution in [0, 0.1) is 11.3 Å². The Hall–Kier alpha value is -3.89. The molecule has 1 aliphatic heterocycles. The van der Waals surface area contributed by atoms with Crippen LogP contribution in [0.2, 0.25) is 5.02 Å². The summed E-state index contributed by atoms with van der Waals surface area (Å²) in [6, 6.07) is 6.25. The van der Waals surface area contributed by atoms with Crippen LogP contribution < -0.4 is 5.73 Å². The lowest BCUT2D eigenvalue weighted by molar-refractivity contribution is -0.136. The normalized spacial score (nSPS) is 22.1. The van der Waals surface area contributed by atoms with Crippen molar-refractivity contribution >= 4 is 29.0 Å². The highest BCUT2D eigenvalue weighted by molar-refractivity contribution is 6.32. The molecule has 1 amide bonds. The molecule has 0 bridgehead atoms. The second-order valence-electron chi connectivity index (χ2n) is 11.0. The number of allylic oxidation sites excluding steroid dienone is 3. The predicted octanol–water partition coefficient (Wildman–Crippen LogP) is 3.74. The van der Waals surface area contributed by atoms with Gasteiger partial charge in [-0.3, -0.25) is 9.69 Å². The zero-order valence-corrected chi connectivity index (χ0v) is 22.8. The third-order valence-electron chi connectivity index (χ3n) is 6.99. The van der Waals surface area contributed by atoms with E-state index in [2.05, 4.69) is 40.8 Å². The standard InChI is InChI=1S/C28H31ClN8O2/c1-27(2,3)15-28(20-8-5-18(6-9-20)24-32-11-4-12-33-24)25(39)37(26(30)35-28)23(14-38)19-7-10-21(29)22(13-19)36-17-31-16-34-36/h4-8,10-13,16-17,20,23,38H,9,14-15H2,1-3H3,(H2,30,35)/t20?,23-,28-/m1/s1. The van der Waals surface area contributed by atoms with Crippen LogP contribution in [-0.2, 0) is 4.79 Å². The predicted molar refractivity (Wildman–Crippen MR) is 149 cm³/mol. The summed E-state index contributed by atoms with van der Waals surface area (Å²) in [6.07, 6.45) is 13.4. The minimum atomic E-state index is -1.13. The molecule has 2 aliphatic rings. The number of aromatic nitrogens is 5. The fourth-order valence-electron chi connectivity index (χ4n) is 5.39. The number of nitrogens with zero attached hydrogens (tertiary/aromatic N) is 7. The summed E-state index contributed by atoms with van der Waals surface area (Å²) in [5, 5.41) is 15.1. The van der Waals surface area contributed by atoms with E-state index >= 15 is 0 Å². The van der Waals surface area contributed by atoms with Crippen molar-refractivity contribution in [2.75, 3.05) is 6.61 Å². The van der Waals surface area contributed by atoms with Gasteiger partial charge in [0.2, 0.25) is 0 Å². The average molecular weight is 547 g/mol. The summed E-state index contributed by atoms with van der Waals surface area (Å²) in [4.78, 5) is 33.4. The summed E-state index contributed by atoms with van der Waals surface area (Å²) in [5.41, 5.74) is 7.25. The Balaban J connectivity index is 1.50. The van der Waals surface area contributed by atoms with Crippen molar-refractivity contribution in [3.63, 3.8) is 0 Å². The maximum atomic E-state index is 14.4. The zero-order valence-electron chi connectivity index (χ0n) is 22.1. The number of aliphatic imine (C=N–C) groups is 1. The van der Waals surface area contributed by atoms with Crippen LogP contribution in [0.1, 0.15) is 51.0 Å². The number of carbonyl (C=O) groups is 1. The Morgan fingerprint density at radius 3 is 2.64 bits per heavy atom. The maximum Gasteiger partial charge on any atom is 0.258 e. The first kappa shape index (κ1) is 26.7. The number of aliphatic hydroxyl groups excluding tert-OH is 1. The first-order valence-electron chi connectivity index (χ1n) is 12.7. The number of guanidine groups is 1. The van der Waals surface area contributed by atoms with Gasteiger partial charge in [0.25, 0.3) is 5.91 Å². The fraction of sp³-hybridized carbons (Fsp3) is 0.357. The van der Waals surface area contributed by atoms with Gasteiger partial charge in [-0.1, -0.05) is 56.7 Å². The molecule has 0 spiro atoms. The Kier molecular flexibility index (Phi) is 7.09. The Morgan fingerprint density at radius 2 is 2.03 bits per heavy atom. The van der Waals surface area contributed by atoms with E-state index in [4.69, 9.17) is 22.3 Å². The minimum Gasteiger partial charge on any atom is -0.394 e. The van der Waals surface area contributed by atoms with Crippen molar-refractivity contribution in [1.82, 2.24) is 29.6 Å². The molecule has 0 saturated carbocycles. The van der Waals surface area contributed by atoms with Crippen molar-refractivity contribution in [2.24, 2.45) is 22.1 Å². The highest BCUT2D eigenvalue weighted by Gasteiger charge is 2.55. The van der Waals surface area contributed by atoms with Gasteiger partial charge in [-0.15, -0.1) is 0 Å². The second kappa shape index (κ2) is 10.3. The molecule has 202 valence electrons. The van der Waals surface area contributed by atoms with Crippen molar-refractivity contribution in [3.05, 3.63) is 84.0 Å². The molecule has 5 rings (SSSR count). The number of rotatable bonds is 7. The van der Waals surface area contributed by atoms with Gasteiger partial charge < -0.3 is 10.8 Å². The third kappa shape index (κ3) is 5.09. The van der Waals surface area contributed by atoms with E-state index in [-0.39, 0.29) is 29.8 Å². The molecule has 3 aromatic rings. The maximum absolute atomic E-state index is 14.4. The molecule has 1 aromatic carbocycles. The molecule has 1 unspecified atom stereocenters. The second-order valence-corrected chi connectivity index (χ2v) is 11.4. The SMILES string of the molecule is CC(C)(C)C[C@]1(C2C=CC(c3ncccn3)=CC2)N=C(N)N([C@H](CO)c2ccc(Cl)c(-n3cncn3)c2)C1=O. The van der Waals surface area contributed by atoms with Crippen molar-refractivity contribution in [1.29, 1.82) is 0 Å². The minimum absolute atomic E-state index is 0.0788. The van der Waals surface area contributed by atoms with E-state index in [1.54, 1.807) is 36.7 Å². The number of nitrogens with two attached hydrogens (primary N) is 1. The number of hydrogen-bond donors (Lipinski definition) is 2. The molecule has 3 atom stereocenters. The van der Waals surface area contributed by atoms with E-state index in [0.717, 1.165) is 5.57 Å². The summed E-state index contributed by atoms with van der Waals surface area (Å²) >= 11 is 6.43. The Bertz CT molecular complexity index is 1450. The lowest BCUT2D eigenvalue weighted by Gasteiger charge is -2.38. The van der Waals surface area contributed by atoms with Crippen molar-refractivity contribution in [2.45, 2.75) is 45.2 Å². The van der Waals surface area contributed by atoms with Gasteiger partial charge >= 0.3 is 0 Å². The lowest BCUT2D eigenvalue weighted by Crippen LogP contribution is -2.51.